The van der Waals surface area contributed by atoms with Crippen molar-refractivity contribution in [3.63, 3.8) is 0 Å². The third kappa shape index (κ3) is 5.11. The maximum absolute atomic E-state index is 4.36. The Morgan fingerprint density at radius 1 is 1.64 bits per heavy atom. The summed E-state index contributed by atoms with van der Waals surface area (Å²) in [6.45, 7) is 1.04. The molecule has 0 aliphatic carbocycles. The van der Waals surface area contributed by atoms with Crippen LogP contribution in [-0.4, -0.2) is 50.4 Å². The first-order valence-corrected chi connectivity index (χ1v) is 8.62. The summed E-state index contributed by atoms with van der Waals surface area (Å²) in [5.41, 5.74) is 0. The Balaban J connectivity index is 1.94. The molecule has 11 heavy (non-hydrogen) atoms. The van der Waals surface area contributed by atoms with E-state index >= 15 is 0 Å². The fourth-order valence-corrected chi connectivity index (χ4v) is 5.17. The molecule has 0 unspecified atom stereocenters. The number of rotatable bonds is 4. The molecule has 0 amide bonds. The molecule has 0 N–H and O–H groups in total. The summed E-state index contributed by atoms with van der Waals surface area (Å²) in [6, 6.07) is 0. The SMILES string of the molecule is [Na][CH2]CCSSC1=NCCS1. The topological polar surface area (TPSA) is 12.4 Å². The molecule has 1 heterocycles. The summed E-state index contributed by atoms with van der Waals surface area (Å²) >= 11 is 3.26. The van der Waals surface area contributed by atoms with Gasteiger partial charge in [-0.3, -0.25) is 0 Å². The fourth-order valence-electron chi connectivity index (χ4n) is 0.661. The van der Waals surface area contributed by atoms with Gasteiger partial charge in [0.05, 0.1) is 0 Å². The molecule has 0 spiro atoms. The zero-order valence-electron chi connectivity index (χ0n) is 6.71. The average molecular weight is 215 g/mol. The van der Waals surface area contributed by atoms with Crippen molar-refractivity contribution in [2.45, 2.75) is 10.1 Å². The van der Waals surface area contributed by atoms with Crippen LogP contribution < -0.4 is 0 Å². The monoisotopic (exact) mass is 215 g/mol. The molecule has 1 nitrogen and oxygen atoms in total. The van der Waals surface area contributed by atoms with Gasteiger partial charge < -0.3 is 0 Å². The molecule has 0 bridgehead atoms. The third-order valence-electron chi connectivity index (χ3n) is 1.27. The summed E-state index contributed by atoms with van der Waals surface area (Å²) in [4.78, 5) is 4.36. The second kappa shape index (κ2) is 7.15. The predicted molar refractivity (Wildman–Crippen MR) is 60.0 cm³/mol. The summed E-state index contributed by atoms with van der Waals surface area (Å²) in [6.07, 6.45) is 1.39. The van der Waals surface area contributed by atoms with Crippen LogP contribution in [0.15, 0.2) is 4.99 Å². The number of hydrogen-bond acceptors (Lipinski definition) is 4. The maximum atomic E-state index is 4.36. The van der Waals surface area contributed by atoms with E-state index in [1.165, 1.54) is 53.9 Å². The van der Waals surface area contributed by atoms with Crippen molar-refractivity contribution in [3.8, 4) is 0 Å². The Labute approximate surface area is 97.8 Å². The Morgan fingerprint density at radius 2 is 2.55 bits per heavy atom. The molecule has 0 aromatic heterocycles. The van der Waals surface area contributed by atoms with Gasteiger partial charge in [0.1, 0.15) is 0 Å². The van der Waals surface area contributed by atoms with Gasteiger partial charge in [0.15, 0.2) is 0 Å². The summed E-state index contributed by atoms with van der Waals surface area (Å²) < 4.78 is 2.73. The van der Waals surface area contributed by atoms with Gasteiger partial charge in [0, 0.05) is 0 Å². The van der Waals surface area contributed by atoms with Gasteiger partial charge in [-0.1, -0.05) is 0 Å². The zero-order valence-corrected chi connectivity index (χ0v) is 11.2. The van der Waals surface area contributed by atoms with Gasteiger partial charge in [-0.15, -0.1) is 0 Å². The van der Waals surface area contributed by atoms with Crippen LogP contribution in [0.1, 0.15) is 6.42 Å². The molecule has 0 radical (unpaired) electrons. The second-order valence-electron chi connectivity index (χ2n) is 2.25. The van der Waals surface area contributed by atoms with Crippen LogP contribution in [0.3, 0.4) is 0 Å². The van der Waals surface area contributed by atoms with E-state index in [9.17, 15) is 0 Å². The predicted octanol–water partition coefficient (Wildman–Crippen LogP) is 2.45. The molecular formula is C6H10NNaS3. The Morgan fingerprint density at radius 3 is 3.18 bits per heavy atom. The fraction of sp³-hybridized carbons (Fsp3) is 0.833. The molecule has 0 saturated heterocycles. The number of hydrogen-bond donors (Lipinski definition) is 0. The summed E-state index contributed by atoms with van der Waals surface area (Å²) in [5.74, 6) is 2.50. The van der Waals surface area contributed by atoms with Crippen LogP contribution in [0.4, 0.5) is 0 Å². The van der Waals surface area contributed by atoms with Crippen molar-refractivity contribution in [1.29, 1.82) is 0 Å². The normalized spacial score (nSPS) is 17.1. The molecule has 0 aromatic carbocycles. The third-order valence-corrected chi connectivity index (χ3v) is 5.83. The quantitative estimate of drug-likeness (QED) is 0.406. The van der Waals surface area contributed by atoms with Crippen LogP contribution in [0.2, 0.25) is 3.67 Å². The number of nitrogens with zero attached hydrogens (tertiary/aromatic N) is 1. The van der Waals surface area contributed by atoms with E-state index < -0.39 is 0 Å². The molecule has 1 aliphatic heterocycles. The van der Waals surface area contributed by atoms with Crippen molar-refractivity contribution >= 4 is 65.7 Å². The summed E-state index contributed by atoms with van der Waals surface area (Å²) in [5, 5.41) is 0. The molecule has 0 atom stereocenters. The molecular weight excluding hydrogens is 205 g/mol. The second-order valence-corrected chi connectivity index (χ2v) is 7.00. The van der Waals surface area contributed by atoms with E-state index in [1.807, 2.05) is 33.3 Å². The van der Waals surface area contributed by atoms with Gasteiger partial charge in [-0.2, -0.15) is 0 Å². The van der Waals surface area contributed by atoms with Gasteiger partial charge in [0.2, 0.25) is 0 Å². The van der Waals surface area contributed by atoms with Crippen LogP contribution >= 0.6 is 33.3 Å². The van der Waals surface area contributed by atoms with Crippen molar-refractivity contribution in [1.82, 2.24) is 0 Å². The average Bonchev–Trinajstić information content (AvgIpc) is 2.50. The van der Waals surface area contributed by atoms with Gasteiger partial charge >= 0.3 is 98.8 Å². The Kier molecular flexibility index (Phi) is 7.02. The molecule has 1 rings (SSSR count). The van der Waals surface area contributed by atoms with Crippen molar-refractivity contribution < 1.29 is 0 Å². The van der Waals surface area contributed by atoms with Crippen molar-refractivity contribution in [2.24, 2.45) is 4.99 Å². The van der Waals surface area contributed by atoms with Crippen molar-refractivity contribution in [2.75, 3.05) is 18.1 Å². The van der Waals surface area contributed by atoms with E-state index in [1.54, 1.807) is 0 Å². The van der Waals surface area contributed by atoms with Gasteiger partial charge in [-0.25, -0.2) is 0 Å². The Bertz CT molecular complexity index is 140. The van der Waals surface area contributed by atoms with Crippen LogP contribution in [0, 0.1) is 0 Å². The van der Waals surface area contributed by atoms with Crippen LogP contribution in [0.25, 0.3) is 0 Å². The van der Waals surface area contributed by atoms with Crippen LogP contribution in [-0.2, 0) is 0 Å². The standard InChI is InChI=1S/C6H10NS3.Na/c1-2-4-9-10-6-7-3-5-8-6;/h1-5H2;. The Hall–Kier alpha value is 1.72. The minimum atomic E-state index is 1.04. The van der Waals surface area contributed by atoms with Crippen molar-refractivity contribution in [3.05, 3.63) is 0 Å². The first-order valence-electron chi connectivity index (χ1n) is 3.90. The number of aliphatic imine (C=N–C) groups is 1. The molecule has 1 aliphatic rings. The van der Waals surface area contributed by atoms with E-state index in [0.717, 1.165) is 6.54 Å². The molecule has 5 heteroatoms. The number of thioether (sulfide) groups is 1. The zero-order chi connectivity index (χ0) is 7.94. The van der Waals surface area contributed by atoms with E-state index in [0.29, 0.717) is 0 Å². The van der Waals surface area contributed by atoms with E-state index in [4.69, 9.17) is 0 Å². The van der Waals surface area contributed by atoms with Gasteiger partial charge in [-0.05, 0) is 0 Å². The molecule has 0 saturated carbocycles. The molecule has 0 aromatic rings. The summed E-state index contributed by atoms with van der Waals surface area (Å²) in [7, 11) is 3.83. The van der Waals surface area contributed by atoms with Gasteiger partial charge in [0.25, 0.3) is 0 Å². The molecule has 0 fully saturated rings. The van der Waals surface area contributed by atoms with E-state index in [-0.39, 0.29) is 0 Å². The molecule has 58 valence electrons. The van der Waals surface area contributed by atoms with E-state index in [2.05, 4.69) is 4.99 Å². The minimum absolute atomic E-state index is 1.04. The first-order chi connectivity index (χ1) is 5.43. The first kappa shape index (κ1) is 10.8. The van der Waals surface area contributed by atoms with Crippen LogP contribution in [0.5, 0.6) is 0 Å².